The van der Waals surface area contributed by atoms with Gasteiger partial charge in [-0.05, 0) is 117 Å². The van der Waals surface area contributed by atoms with Crippen LogP contribution in [-0.2, 0) is 0 Å². The van der Waals surface area contributed by atoms with Crippen molar-refractivity contribution in [3.63, 3.8) is 0 Å². The topological polar surface area (TPSA) is 9.86 Å². The normalized spacial score (nSPS) is 11.8. The fraction of sp³-hybridized carbons (Fsp3) is 0. The van der Waals surface area contributed by atoms with Gasteiger partial charge >= 0.3 is 0 Å². The highest BCUT2D eigenvalue weighted by Gasteiger charge is 2.18. The minimum absolute atomic E-state index is 1.16. The third-order valence-electron chi connectivity index (χ3n) is 12.9. The second-order valence-electron chi connectivity index (χ2n) is 16.5. The molecule has 0 spiro atoms. The fourth-order valence-electron chi connectivity index (χ4n) is 10.0. The van der Waals surface area contributed by atoms with Gasteiger partial charge in [0.1, 0.15) is 0 Å². The molecule has 0 saturated heterocycles. The van der Waals surface area contributed by atoms with E-state index in [9.17, 15) is 0 Å². The molecule has 63 heavy (non-hydrogen) atoms. The van der Waals surface area contributed by atoms with Crippen LogP contribution in [0.25, 0.3) is 120 Å². The molecule has 3 heterocycles. The van der Waals surface area contributed by atoms with Gasteiger partial charge in [-0.2, -0.15) is 0 Å². The van der Waals surface area contributed by atoms with E-state index in [0.717, 1.165) is 5.69 Å². The maximum absolute atomic E-state index is 2.45. The van der Waals surface area contributed by atoms with Crippen molar-refractivity contribution in [3.05, 3.63) is 231 Å². The molecule has 3 heteroatoms. The Balaban J connectivity index is 0.917. The number of fused-ring (bicyclic) bond motifs is 9. The Morgan fingerprint density at radius 2 is 0.746 bits per heavy atom. The number of nitrogens with zero attached hydrogens (tertiary/aromatic N) is 2. The Hall–Kier alpha value is -7.98. The zero-order valence-electron chi connectivity index (χ0n) is 34.2. The lowest BCUT2D eigenvalue weighted by molar-refractivity contribution is 1.18. The number of hydrogen-bond acceptors (Lipinski definition) is 1. The van der Waals surface area contributed by atoms with Crippen LogP contribution in [0.4, 0.5) is 0 Å². The molecule has 0 fully saturated rings. The van der Waals surface area contributed by atoms with E-state index in [0.29, 0.717) is 0 Å². The molecule has 0 aliphatic rings. The molecule has 0 amide bonds. The summed E-state index contributed by atoms with van der Waals surface area (Å²) in [4.78, 5) is 0. The second-order valence-corrected chi connectivity index (χ2v) is 17.6. The van der Waals surface area contributed by atoms with Gasteiger partial charge in [0.05, 0.1) is 22.1 Å². The van der Waals surface area contributed by atoms with Crippen molar-refractivity contribution in [2.45, 2.75) is 0 Å². The summed E-state index contributed by atoms with van der Waals surface area (Å²) in [5.41, 5.74) is 17.0. The monoisotopic (exact) mass is 818 g/mol. The van der Waals surface area contributed by atoms with Crippen LogP contribution in [0.2, 0.25) is 0 Å². The van der Waals surface area contributed by atoms with Crippen LogP contribution in [0.15, 0.2) is 231 Å². The quantitative estimate of drug-likeness (QED) is 0.158. The number of rotatable bonds is 6. The number of hydrogen-bond donors (Lipinski definition) is 0. The summed E-state index contributed by atoms with van der Waals surface area (Å²) in [6, 6.07) is 84.6. The molecule has 0 bridgehead atoms. The van der Waals surface area contributed by atoms with Crippen molar-refractivity contribution in [2.24, 2.45) is 0 Å². The van der Waals surface area contributed by atoms with E-state index in [2.05, 4.69) is 240 Å². The minimum Gasteiger partial charge on any atom is -0.309 e. The van der Waals surface area contributed by atoms with Crippen LogP contribution in [0.3, 0.4) is 0 Å². The summed E-state index contributed by atoms with van der Waals surface area (Å²) in [5.74, 6) is 0. The van der Waals surface area contributed by atoms with Gasteiger partial charge in [0, 0.05) is 53.1 Å². The predicted octanol–water partition coefficient (Wildman–Crippen LogP) is 16.9. The molecular weight excluding hydrogens is 781 g/mol. The van der Waals surface area contributed by atoms with Crippen LogP contribution >= 0.6 is 11.3 Å². The van der Waals surface area contributed by atoms with E-state index in [1.165, 1.54) is 114 Å². The molecule has 0 saturated carbocycles. The van der Waals surface area contributed by atoms with Gasteiger partial charge in [-0.3, -0.25) is 0 Å². The van der Waals surface area contributed by atoms with Gasteiger partial charge < -0.3 is 9.13 Å². The van der Waals surface area contributed by atoms with Crippen LogP contribution in [0.5, 0.6) is 0 Å². The summed E-state index contributed by atoms with van der Waals surface area (Å²) in [6.07, 6.45) is 0. The molecule has 0 unspecified atom stereocenters. The summed E-state index contributed by atoms with van der Waals surface area (Å²) >= 11 is 1.88. The Kier molecular flexibility index (Phi) is 8.12. The molecule has 13 rings (SSSR count). The molecule has 13 aromatic rings. The van der Waals surface area contributed by atoms with Gasteiger partial charge in [-0.15, -0.1) is 11.3 Å². The fourth-order valence-corrected chi connectivity index (χ4v) is 11.2. The van der Waals surface area contributed by atoms with E-state index < -0.39 is 0 Å². The Morgan fingerprint density at radius 3 is 1.40 bits per heavy atom. The third kappa shape index (κ3) is 5.78. The maximum Gasteiger partial charge on any atom is 0.0541 e. The number of para-hydroxylation sites is 2. The van der Waals surface area contributed by atoms with Crippen molar-refractivity contribution in [1.29, 1.82) is 0 Å². The molecule has 0 radical (unpaired) electrons. The van der Waals surface area contributed by atoms with Crippen LogP contribution in [0, 0.1) is 0 Å². The molecule has 0 N–H and O–H groups in total. The average Bonchev–Trinajstić information content (AvgIpc) is 4.01. The molecular formula is C60H38N2S. The van der Waals surface area contributed by atoms with E-state index in [1.54, 1.807) is 0 Å². The molecule has 0 aliphatic carbocycles. The van der Waals surface area contributed by atoms with Crippen LogP contribution < -0.4 is 0 Å². The Morgan fingerprint density at radius 1 is 0.254 bits per heavy atom. The first-order valence-electron chi connectivity index (χ1n) is 21.6. The summed E-state index contributed by atoms with van der Waals surface area (Å²) < 4.78 is 7.45. The Bertz CT molecular complexity index is 3900. The highest BCUT2D eigenvalue weighted by atomic mass is 32.1. The van der Waals surface area contributed by atoms with Crippen molar-refractivity contribution >= 4 is 75.1 Å². The zero-order chi connectivity index (χ0) is 41.4. The first kappa shape index (κ1) is 35.7. The summed E-state index contributed by atoms with van der Waals surface area (Å²) in [5, 5.41) is 7.62. The largest absolute Gasteiger partial charge is 0.309 e. The maximum atomic E-state index is 2.45. The molecule has 0 atom stereocenters. The van der Waals surface area contributed by atoms with Crippen molar-refractivity contribution in [2.75, 3.05) is 0 Å². The second kappa shape index (κ2) is 14.3. The van der Waals surface area contributed by atoms with Crippen molar-refractivity contribution in [1.82, 2.24) is 9.13 Å². The van der Waals surface area contributed by atoms with E-state index in [1.807, 2.05) is 11.3 Å². The smallest absolute Gasteiger partial charge is 0.0541 e. The van der Waals surface area contributed by atoms with Gasteiger partial charge in [0.2, 0.25) is 0 Å². The van der Waals surface area contributed by atoms with Gasteiger partial charge in [-0.1, -0.05) is 158 Å². The first-order valence-corrected chi connectivity index (χ1v) is 22.4. The number of aromatic nitrogens is 2. The van der Waals surface area contributed by atoms with E-state index in [-0.39, 0.29) is 0 Å². The van der Waals surface area contributed by atoms with Gasteiger partial charge in [0.25, 0.3) is 0 Å². The Labute approximate surface area is 368 Å². The van der Waals surface area contributed by atoms with Crippen molar-refractivity contribution in [3.8, 4) is 55.9 Å². The lowest BCUT2D eigenvalue weighted by atomic mass is 9.96. The number of benzene rings is 10. The third-order valence-corrected chi connectivity index (χ3v) is 14.0. The molecule has 0 aliphatic heterocycles. The van der Waals surface area contributed by atoms with Gasteiger partial charge in [-0.25, -0.2) is 0 Å². The highest BCUT2D eigenvalue weighted by molar-refractivity contribution is 7.26. The molecule has 2 nitrogen and oxygen atoms in total. The number of thiophene rings is 1. The summed E-state index contributed by atoms with van der Waals surface area (Å²) in [6.45, 7) is 0. The van der Waals surface area contributed by atoms with Crippen LogP contribution in [-0.4, -0.2) is 9.13 Å². The minimum atomic E-state index is 1.16. The van der Waals surface area contributed by atoms with Crippen LogP contribution in [0.1, 0.15) is 0 Å². The molecule has 294 valence electrons. The standard InChI is InChI=1S/C60H38N2S/c1-3-14-39(15-4-1)41-18-11-20-45(34-41)48-24-13-27-58-60(48)51-31-30-47(38-59(51)63-58)62-55-26-10-8-23-50(55)53-37-44(29-33-57(53)62)43-28-32-56-52(36-43)49-22-7-9-25-54(49)61(56)46-21-12-19-42(35-46)40-16-5-2-6-17-40/h1-38H. The van der Waals surface area contributed by atoms with Gasteiger partial charge in [0.15, 0.2) is 0 Å². The van der Waals surface area contributed by atoms with E-state index >= 15 is 0 Å². The highest BCUT2D eigenvalue weighted by Crippen LogP contribution is 2.43. The predicted molar refractivity (Wildman–Crippen MR) is 270 cm³/mol. The van der Waals surface area contributed by atoms with Crippen molar-refractivity contribution < 1.29 is 0 Å². The lowest BCUT2D eigenvalue weighted by Crippen LogP contribution is -1.94. The zero-order valence-corrected chi connectivity index (χ0v) is 35.1. The molecule has 10 aromatic carbocycles. The summed E-state index contributed by atoms with van der Waals surface area (Å²) in [7, 11) is 0. The molecule has 3 aromatic heterocycles. The first-order chi connectivity index (χ1) is 31.2. The average molecular weight is 819 g/mol. The lowest BCUT2D eigenvalue weighted by Gasteiger charge is -2.11. The SMILES string of the molecule is c1ccc(-c2cccc(-c3cccc4sc5cc(-n6c7ccccc7c7cc(-c8ccc9c(c8)c8ccccc8n9-c8cccc(-c9ccccc9)c8)ccc76)ccc5c34)c2)cc1. The van der Waals surface area contributed by atoms with E-state index in [4.69, 9.17) is 0 Å².